The molecule has 3 aromatic carbocycles. The lowest BCUT2D eigenvalue weighted by Gasteiger charge is -2.16. The van der Waals surface area contributed by atoms with Crippen LogP contribution in [-0.2, 0) is 11.3 Å². The number of nitrogens with one attached hydrogen (secondary N) is 2. The summed E-state index contributed by atoms with van der Waals surface area (Å²) in [7, 11) is 0. The van der Waals surface area contributed by atoms with E-state index in [0.717, 1.165) is 10.2 Å². The standard InChI is InChI=1S/C24H21N5O3/c1-16(18-10-7-11-19(14-18)26-23(31)17-8-3-2-4-9-17)25-22(30)15-29-24(32)20-12-5-6-13-21(20)27-28-29/h2-14,16H,15H2,1H3,(H,25,30)(H,26,31)/t16-/m1/s1. The quantitative estimate of drug-likeness (QED) is 0.492. The Labute approximate surface area is 183 Å². The molecule has 1 aromatic heterocycles. The Morgan fingerprint density at radius 3 is 2.53 bits per heavy atom. The number of amides is 2. The SMILES string of the molecule is C[C@@H](NC(=O)Cn1nnc2ccccc2c1=O)c1cccc(NC(=O)c2ccccc2)c1. The maximum atomic E-state index is 12.5. The Balaban J connectivity index is 1.43. The zero-order valence-electron chi connectivity index (χ0n) is 17.4. The van der Waals surface area contributed by atoms with Gasteiger partial charge < -0.3 is 10.6 Å². The van der Waals surface area contributed by atoms with Gasteiger partial charge in [-0.05, 0) is 48.9 Å². The molecule has 0 spiro atoms. The van der Waals surface area contributed by atoms with Crippen LogP contribution in [0.1, 0.15) is 28.9 Å². The van der Waals surface area contributed by atoms with Crippen molar-refractivity contribution in [3.63, 3.8) is 0 Å². The maximum absolute atomic E-state index is 12.5. The summed E-state index contributed by atoms with van der Waals surface area (Å²) in [5.74, 6) is -0.586. The van der Waals surface area contributed by atoms with Crippen molar-refractivity contribution in [1.82, 2.24) is 20.3 Å². The molecule has 1 heterocycles. The van der Waals surface area contributed by atoms with E-state index in [1.807, 2.05) is 19.1 Å². The summed E-state index contributed by atoms with van der Waals surface area (Å²) >= 11 is 0. The molecule has 0 aliphatic heterocycles. The molecule has 0 saturated carbocycles. The second-order valence-electron chi connectivity index (χ2n) is 7.30. The first-order valence-corrected chi connectivity index (χ1v) is 10.1. The van der Waals surface area contributed by atoms with Gasteiger partial charge in [-0.15, -0.1) is 5.10 Å². The van der Waals surface area contributed by atoms with E-state index in [1.54, 1.807) is 66.7 Å². The molecule has 0 fully saturated rings. The fraction of sp³-hybridized carbons (Fsp3) is 0.125. The van der Waals surface area contributed by atoms with Crippen molar-refractivity contribution in [1.29, 1.82) is 0 Å². The summed E-state index contributed by atoms with van der Waals surface area (Å²) in [6, 6.07) is 22.7. The maximum Gasteiger partial charge on any atom is 0.278 e. The fourth-order valence-corrected chi connectivity index (χ4v) is 3.31. The Bertz CT molecular complexity index is 1330. The molecular weight excluding hydrogens is 406 g/mol. The molecule has 0 bridgehead atoms. The number of benzene rings is 3. The van der Waals surface area contributed by atoms with Crippen molar-refractivity contribution >= 4 is 28.4 Å². The molecule has 8 nitrogen and oxygen atoms in total. The van der Waals surface area contributed by atoms with E-state index in [1.165, 1.54) is 0 Å². The van der Waals surface area contributed by atoms with Gasteiger partial charge >= 0.3 is 0 Å². The molecule has 2 amide bonds. The topological polar surface area (TPSA) is 106 Å². The average molecular weight is 427 g/mol. The molecular formula is C24H21N5O3. The van der Waals surface area contributed by atoms with E-state index in [0.29, 0.717) is 22.2 Å². The number of hydrogen-bond acceptors (Lipinski definition) is 5. The highest BCUT2D eigenvalue weighted by Crippen LogP contribution is 2.18. The summed E-state index contributed by atoms with van der Waals surface area (Å²) < 4.78 is 1.04. The predicted molar refractivity (Wildman–Crippen MR) is 121 cm³/mol. The molecule has 1 atom stereocenters. The van der Waals surface area contributed by atoms with Crippen LogP contribution in [0.2, 0.25) is 0 Å². The Morgan fingerprint density at radius 1 is 0.969 bits per heavy atom. The Hall–Kier alpha value is -4.33. The first-order chi connectivity index (χ1) is 15.5. The van der Waals surface area contributed by atoms with Crippen LogP contribution in [0.25, 0.3) is 10.9 Å². The smallest absolute Gasteiger partial charge is 0.278 e. The van der Waals surface area contributed by atoms with Gasteiger partial charge in [0.1, 0.15) is 12.1 Å². The number of rotatable bonds is 6. The lowest BCUT2D eigenvalue weighted by atomic mass is 10.1. The van der Waals surface area contributed by atoms with Crippen LogP contribution < -0.4 is 16.2 Å². The van der Waals surface area contributed by atoms with Crippen molar-refractivity contribution in [2.45, 2.75) is 19.5 Å². The van der Waals surface area contributed by atoms with Crippen LogP contribution in [0.4, 0.5) is 5.69 Å². The minimum atomic E-state index is -0.372. The van der Waals surface area contributed by atoms with Gasteiger partial charge in [-0.2, -0.15) is 0 Å². The first-order valence-electron chi connectivity index (χ1n) is 10.1. The Kier molecular flexibility index (Phi) is 6.03. The molecule has 0 radical (unpaired) electrons. The molecule has 32 heavy (non-hydrogen) atoms. The summed E-state index contributed by atoms with van der Waals surface area (Å²) in [5.41, 5.74) is 2.09. The number of hydrogen-bond donors (Lipinski definition) is 2. The van der Waals surface area contributed by atoms with Gasteiger partial charge in [0.25, 0.3) is 11.5 Å². The highest BCUT2D eigenvalue weighted by Gasteiger charge is 2.14. The third-order valence-electron chi connectivity index (χ3n) is 4.98. The molecule has 160 valence electrons. The normalized spacial score (nSPS) is 11.7. The third-order valence-corrected chi connectivity index (χ3v) is 4.98. The summed E-state index contributed by atoms with van der Waals surface area (Å²) in [6.45, 7) is 1.58. The van der Waals surface area contributed by atoms with Gasteiger partial charge in [-0.1, -0.05) is 47.7 Å². The van der Waals surface area contributed by atoms with Gasteiger partial charge in [0, 0.05) is 11.3 Å². The molecule has 0 unspecified atom stereocenters. The predicted octanol–water partition coefficient (Wildman–Crippen LogP) is 2.92. The van der Waals surface area contributed by atoms with Gasteiger partial charge in [0.15, 0.2) is 0 Å². The zero-order chi connectivity index (χ0) is 22.5. The molecule has 0 aliphatic rings. The molecule has 0 aliphatic carbocycles. The minimum Gasteiger partial charge on any atom is -0.348 e. The van der Waals surface area contributed by atoms with E-state index < -0.39 is 0 Å². The van der Waals surface area contributed by atoms with Crippen LogP contribution in [0.3, 0.4) is 0 Å². The molecule has 4 aromatic rings. The molecule has 2 N–H and O–H groups in total. The van der Waals surface area contributed by atoms with Gasteiger partial charge in [0.05, 0.1) is 11.4 Å². The zero-order valence-corrected chi connectivity index (χ0v) is 17.4. The second-order valence-corrected chi connectivity index (χ2v) is 7.30. The molecule has 4 rings (SSSR count). The van der Waals surface area contributed by atoms with Gasteiger partial charge in [-0.3, -0.25) is 14.4 Å². The van der Waals surface area contributed by atoms with Crippen molar-refractivity contribution in [3.05, 3.63) is 100 Å². The largest absolute Gasteiger partial charge is 0.348 e. The summed E-state index contributed by atoms with van der Waals surface area (Å²) in [6.07, 6.45) is 0. The van der Waals surface area contributed by atoms with Gasteiger partial charge in [0.2, 0.25) is 5.91 Å². The molecule has 0 saturated heterocycles. The highest BCUT2D eigenvalue weighted by atomic mass is 16.2. The second kappa shape index (κ2) is 9.22. The van der Waals surface area contributed by atoms with E-state index in [-0.39, 0.29) is 30.0 Å². The number of anilines is 1. The van der Waals surface area contributed by atoms with Crippen LogP contribution in [-0.4, -0.2) is 26.8 Å². The number of carbonyl (C=O) groups is 2. The lowest BCUT2D eigenvalue weighted by Crippen LogP contribution is -2.35. The monoisotopic (exact) mass is 427 g/mol. The number of aromatic nitrogens is 3. The lowest BCUT2D eigenvalue weighted by molar-refractivity contribution is -0.122. The van der Waals surface area contributed by atoms with Crippen LogP contribution in [0.15, 0.2) is 83.7 Å². The fourth-order valence-electron chi connectivity index (χ4n) is 3.31. The number of fused-ring (bicyclic) bond motifs is 1. The Morgan fingerprint density at radius 2 is 1.72 bits per heavy atom. The van der Waals surface area contributed by atoms with Crippen LogP contribution >= 0.6 is 0 Å². The number of nitrogens with zero attached hydrogens (tertiary/aromatic N) is 3. The first kappa shape index (κ1) is 20.9. The number of carbonyl (C=O) groups excluding carboxylic acids is 2. The summed E-state index contributed by atoms with van der Waals surface area (Å²) in [4.78, 5) is 37.4. The van der Waals surface area contributed by atoms with E-state index in [4.69, 9.17) is 0 Å². The van der Waals surface area contributed by atoms with Crippen molar-refractivity contribution in [2.24, 2.45) is 0 Å². The van der Waals surface area contributed by atoms with Crippen molar-refractivity contribution in [2.75, 3.05) is 5.32 Å². The van der Waals surface area contributed by atoms with E-state index >= 15 is 0 Å². The van der Waals surface area contributed by atoms with Crippen molar-refractivity contribution < 1.29 is 9.59 Å². The minimum absolute atomic E-state index is 0.214. The van der Waals surface area contributed by atoms with Gasteiger partial charge in [-0.25, -0.2) is 4.68 Å². The third kappa shape index (κ3) is 4.70. The van der Waals surface area contributed by atoms with Crippen LogP contribution in [0, 0.1) is 0 Å². The average Bonchev–Trinajstić information content (AvgIpc) is 2.82. The highest BCUT2D eigenvalue weighted by molar-refractivity contribution is 6.04. The van der Waals surface area contributed by atoms with Crippen LogP contribution in [0.5, 0.6) is 0 Å². The summed E-state index contributed by atoms with van der Waals surface area (Å²) in [5, 5.41) is 14.0. The van der Waals surface area contributed by atoms with E-state index in [9.17, 15) is 14.4 Å². The van der Waals surface area contributed by atoms with Crippen molar-refractivity contribution in [3.8, 4) is 0 Å². The van der Waals surface area contributed by atoms with E-state index in [2.05, 4.69) is 20.9 Å². The molecule has 8 heteroatoms.